The molecule has 0 heterocycles. The molecule has 82 valence electrons. The molecule has 0 bridgehead atoms. The van der Waals surface area contributed by atoms with Crippen LogP contribution in [0.25, 0.3) is 0 Å². The standard InChI is InChI=1S/C8H17N3O3/c1-3-6(4-12)10-5(2)7(13)11-8(9)14/h5-6,10,12H,3-4H2,1-2H3,(H3,9,11,13,14). The molecular formula is C8H17N3O3. The Kier molecular flexibility index (Phi) is 5.82. The Morgan fingerprint density at radius 2 is 2.07 bits per heavy atom. The van der Waals surface area contributed by atoms with Gasteiger partial charge in [-0.2, -0.15) is 0 Å². The summed E-state index contributed by atoms with van der Waals surface area (Å²) in [5.41, 5.74) is 4.78. The van der Waals surface area contributed by atoms with E-state index in [4.69, 9.17) is 10.8 Å². The Morgan fingerprint density at radius 1 is 1.50 bits per heavy atom. The lowest BCUT2D eigenvalue weighted by atomic mass is 10.2. The number of hydrogen-bond donors (Lipinski definition) is 4. The third-order valence-corrected chi connectivity index (χ3v) is 1.84. The van der Waals surface area contributed by atoms with Crippen LogP contribution >= 0.6 is 0 Å². The molecule has 6 heteroatoms. The molecule has 0 spiro atoms. The Morgan fingerprint density at radius 3 is 2.43 bits per heavy atom. The average molecular weight is 203 g/mol. The number of primary amides is 1. The highest BCUT2D eigenvalue weighted by molar-refractivity contribution is 5.96. The van der Waals surface area contributed by atoms with E-state index in [1.807, 2.05) is 12.2 Å². The first kappa shape index (κ1) is 12.9. The number of carbonyl (C=O) groups is 2. The van der Waals surface area contributed by atoms with Crippen LogP contribution in [0.3, 0.4) is 0 Å². The lowest BCUT2D eigenvalue weighted by Gasteiger charge is -2.19. The van der Waals surface area contributed by atoms with Crippen molar-refractivity contribution in [1.82, 2.24) is 10.6 Å². The molecule has 0 aromatic carbocycles. The van der Waals surface area contributed by atoms with E-state index in [1.54, 1.807) is 6.92 Å². The second-order valence-corrected chi connectivity index (χ2v) is 3.03. The summed E-state index contributed by atoms with van der Waals surface area (Å²) < 4.78 is 0. The van der Waals surface area contributed by atoms with Crippen molar-refractivity contribution < 1.29 is 14.7 Å². The summed E-state index contributed by atoms with van der Waals surface area (Å²) in [4.78, 5) is 21.5. The van der Waals surface area contributed by atoms with Gasteiger partial charge < -0.3 is 16.2 Å². The fourth-order valence-electron chi connectivity index (χ4n) is 0.959. The quantitative estimate of drug-likeness (QED) is 0.456. The van der Waals surface area contributed by atoms with Gasteiger partial charge >= 0.3 is 6.03 Å². The maximum absolute atomic E-state index is 11.2. The smallest absolute Gasteiger partial charge is 0.318 e. The topological polar surface area (TPSA) is 104 Å². The zero-order valence-corrected chi connectivity index (χ0v) is 8.41. The molecule has 0 aromatic rings. The summed E-state index contributed by atoms with van der Waals surface area (Å²) >= 11 is 0. The highest BCUT2D eigenvalue weighted by Gasteiger charge is 2.16. The lowest BCUT2D eigenvalue weighted by Crippen LogP contribution is -2.50. The van der Waals surface area contributed by atoms with E-state index >= 15 is 0 Å². The van der Waals surface area contributed by atoms with E-state index < -0.39 is 18.0 Å². The van der Waals surface area contributed by atoms with Crippen LogP contribution in [0.15, 0.2) is 0 Å². The van der Waals surface area contributed by atoms with Crippen LogP contribution in [0, 0.1) is 0 Å². The van der Waals surface area contributed by atoms with E-state index in [1.165, 1.54) is 0 Å². The largest absolute Gasteiger partial charge is 0.395 e. The lowest BCUT2D eigenvalue weighted by molar-refractivity contribution is -0.121. The molecule has 0 rings (SSSR count). The number of aliphatic hydroxyl groups excluding tert-OH is 1. The number of aliphatic hydroxyl groups is 1. The third-order valence-electron chi connectivity index (χ3n) is 1.84. The summed E-state index contributed by atoms with van der Waals surface area (Å²) in [7, 11) is 0. The first-order valence-electron chi connectivity index (χ1n) is 4.48. The predicted molar refractivity (Wildman–Crippen MR) is 51.5 cm³/mol. The van der Waals surface area contributed by atoms with Gasteiger partial charge in [0.05, 0.1) is 12.6 Å². The molecule has 3 amide bonds. The minimum Gasteiger partial charge on any atom is -0.395 e. The van der Waals surface area contributed by atoms with Gasteiger partial charge in [0.1, 0.15) is 0 Å². The predicted octanol–water partition coefficient (Wildman–Crippen LogP) is -1.07. The zero-order chi connectivity index (χ0) is 11.1. The van der Waals surface area contributed by atoms with Crippen molar-refractivity contribution in [1.29, 1.82) is 0 Å². The van der Waals surface area contributed by atoms with Crippen molar-refractivity contribution in [3.8, 4) is 0 Å². The van der Waals surface area contributed by atoms with Crippen molar-refractivity contribution in [2.45, 2.75) is 32.4 Å². The number of urea groups is 1. The van der Waals surface area contributed by atoms with Crippen LogP contribution in [0.4, 0.5) is 4.79 Å². The highest BCUT2D eigenvalue weighted by Crippen LogP contribution is 1.92. The van der Waals surface area contributed by atoms with Crippen molar-refractivity contribution in [3.63, 3.8) is 0 Å². The molecule has 0 radical (unpaired) electrons. The molecule has 0 saturated carbocycles. The minimum atomic E-state index is -0.874. The zero-order valence-electron chi connectivity index (χ0n) is 8.41. The van der Waals surface area contributed by atoms with Gasteiger partial charge in [0.15, 0.2) is 0 Å². The van der Waals surface area contributed by atoms with Crippen LogP contribution in [0.2, 0.25) is 0 Å². The van der Waals surface area contributed by atoms with Crippen molar-refractivity contribution in [2.75, 3.05) is 6.61 Å². The number of nitrogens with two attached hydrogens (primary N) is 1. The van der Waals surface area contributed by atoms with Crippen LogP contribution in [-0.4, -0.2) is 35.7 Å². The molecule has 0 aromatic heterocycles. The Hall–Kier alpha value is -1.14. The van der Waals surface area contributed by atoms with Crippen molar-refractivity contribution >= 4 is 11.9 Å². The van der Waals surface area contributed by atoms with Gasteiger partial charge in [0.2, 0.25) is 5.91 Å². The second-order valence-electron chi connectivity index (χ2n) is 3.03. The molecule has 6 nitrogen and oxygen atoms in total. The van der Waals surface area contributed by atoms with Gasteiger partial charge in [0, 0.05) is 6.04 Å². The van der Waals surface area contributed by atoms with E-state index in [9.17, 15) is 9.59 Å². The number of carbonyl (C=O) groups excluding carboxylic acids is 2. The summed E-state index contributed by atoms with van der Waals surface area (Å²) in [6.45, 7) is 3.42. The molecule has 0 saturated heterocycles. The van der Waals surface area contributed by atoms with Crippen LogP contribution < -0.4 is 16.4 Å². The molecule has 14 heavy (non-hydrogen) atoms. The first-order valence-corrected chi connectivity index (χ1v) is 4.48. The van der Waals surface area contributed by atoms with Gasteiger partial charge in [-0.3, -0.25) is 10.1 Å². The van der Waals surface area contributed by atoms with Crippen molar-refractivity contribution in [3.05, 3.63) is 0 Å². The average Bonchev–Trinajstić information content (AvgIpc) is 2.12. The number of hydrogen-bond acceptors (Lipinski definition) is 4. The minimum absolute atomic E-state index is 0.0509. The monoisotopic (exact) mass is 203 g/mol. The molecule has 0 aliphatic heterocycles. The SMILES string of the molecule is CCC(CO)NC(C)C(=O)NC(N)=O. The number of nitrogens with one attached hydrogen (secondary N) is 2. The van der Waals surface area contributed by atoms with Crippen LogP contribution in [-0.2, 0) is 4.79 Å². The van der Waals surface area contributed by atoms with E-state index in [0.717, 1.165) is 0 Å². The normalized spacial score (nSPS) is 14.5. The van der Waals surface area contributed by atoms with Gasteiger partial charge in [-0.15, -0.1) is 0 Å². The van der Waals surface area contributed by atoms with E-state index in [-0.39, 0.29) is 12.6 Å². The molecule has 2 atom stereocenters. The van der Waals surface area contributed by atoms with Crippen LogP contribution in [0.5, 0.6) is 0 Å². The fourth-order valence-corrected chi connectivity index (χ4v) is 0.959. The number of imide groups is 1. The molecule has 2 unspecified atom stereocenters. The Balaban J connectivity index is 3.99. The fraction of sp³-hybridized carbons (Fsp3) is 0.750. The molecule has 5 N–H and O–H groups in total. The third kappa shape index (κ3) is 4.78. The summed E-state index contributed by atoms with van der Waals surface area (Å²) in [5.74, 6) is -0.496. The highest BCUT2D eigenvalue weighted by atomic mass is 16.3. The summed E-state index contributed by atoms with van der Waals surface area (Å²) in [5, 5.41) is 13.7. The maximum Gasteiger partial charge on any atom is 0.318 e. The van der Waals surface area contributed by atoms with Gasteiger partial charge in [-0.05, 0) is 13.3 Å². The first-order chi connectivity index (χ1) is 6.51. The maximum atomic E-state index is 11.2. The molecular weight excluding hydrogens is 186 g/mol. The number of amides is 3. The van der Waals surface area contributed by atoms with E-state index in [0.29, 0.717) is 6.42 Å². The summed E-state index contributed by atoms with van der Waals surface area (Å²) in [6, 6.07) is -1.58. The molecule has 0 fully saturated rings. The molecule has 0 aliphatic carbocycles. The van der Waals surface area contributed by atoms with Gasteiger partial charge in [-0.1, -0.05) is 6.92 Å². The molecule has 0 aliphatic rings. The van der Waals surface area contributed by atoms with Gasteiger partial charge in [0.25, 0.3) is 0 Å². The van der Waals surface area contributed by atoms with Crippen molar-refractivity contribution in [2.24, 2.45) is 5.73 Å². The second kappa shape index (κ2) is 6.33. The Bertz CT molecular complexity index is 204. The van der Waals surface area contributed by atoms with E-state index in [2.05, 4.69) is 5.32 Å². The Labute approximate surface area is 82.9 Å². The summed E-state index contributed by atoms with van der Waals surface area (Å²) in [6.07, 6.45) is 0.699. The number of rotatable bonds is 5. The van der Waals surface area contributed by atoms with Gasteiger partial charge in [-0.25, -0.2) is 4.79 Å². The van der Waals surface area contributed by atoms with Crippen LogP contribution in [0.1, 0.15) is 20.3 Å².